The van der Waals surface area contributed by atoms with Crippen molar-refractivity contribution in [2.75, 3.05) is 6.61 Å². The van der Waals surface area contributed by atoms with E-state index < -0.39 is 6.10 Å². The van der Waals surface area contributed by atoms with Gasteiger partial charge in [-0.1, -0.05) is 42.5 Å². The predicted molar refractivity (Wildman–Crippen MR) is 93.7 cm³/mol. The van der Waals surface area contributed by atoms with Gasteiger partial charge in [-0.15, -0.1) is 0 Å². The van der Waals surface area contributed by atoms with E-state index in [9.17, 15) is 9.90 Å². The van der Waals surface area contributed by atoms with Crippen molar-refractivity contribution >= 4 is 12.0 Å². The van der Waals surface area contributed by atoms with Crippen molar-refractivity contribution in [1.29, 1.82) is 0 Å². The number of carbonyl (C=O) groups is 1. The van der Waals surface area contributed by atoms with Crippen LogP contribution < -0.4 is 10.1 Å². The molecule has 124 valence electrons. The van der Waals surface area contributed by atoms with E-state index in [1.165, 1.54) is 6.08 Å². The molecule has 4 nitrogen and oxygen atoms in total. The third kappa shape index (κ3) is 3.49. The van der Waals surface area contributed by atoms with Crippen LogP contribution in [0.25, 0.3) is 6.08 Å². The Hall–Kier alpha value is -2.59. The van der Waals surface area contributed by atoms with E-state index in [0.717, 1.165) is 22.4 Å². The van der Waals surface area contributed by atoms with Gasteiger partial charge in [-0.3, -0.25) is 4.79 Å². The van der Waals surface area contributed by atoms with Crippen molar-refractivity contribution in [1.82, 2.24) is 5.32 Å². The van der Waals surface area contributed by atoms with Gasteiger partial charge in [-0.05, 0) is 30.2 Å². The first-order valence-corrected chi connectivity index (χ1v) is 8.15. The van der Waals surface area contributed by atoms with Crippen LogP contribution >= 0.6 is 0 Å². The number of benzene rings is 2. The molecule has 4 heteroatoms. The van der Waals surface area contributed by atoms with E-state index in [2.05, 4.69) is 5.32 Å². The van der Waals surface area contributed by atoms with E-state index in [1.54, 1.807) is 6.08 Å². The largest absolute Gasteiger partial charge is 0.493 e. The van der Waals surface area contributed by atoms with Gasteiger partial charge in [0.1, 0.15) is 5.75 Å². The second-order valence-electron chi connectivity index (χ2n) is 5.76. The number of nitrogens with one attached hydrogen (secondary N) is 1. The van der Waals surface area contributed by atoms with Crippen LogP contribution in [-0.4, -0.2) is 23.7 Å². The van der Waals surface area contributed by atoms with Crippen LogP contribution in [0.4, 0.5) is 0 Å². The van der Waals surface area contributed by atoms with Gasteiger partial charge in [0.2, 0.25) is 5.91 Å². The maximum absolute atomic E-state index is 12.2. The summed E-state index contributed by atoms with van der Waals surface area (Å²) in [4.78, 5) is 12.2. The summed E-state index contributed by atoms with van der Waals surface area (Å²) in [6.07, 6.45) is 3.19. The maximum atomic E-state index is 12.2. The van der Waals surface area contributed by atoms with E-state index in [4.69, 9.17) is 4.74 Å². The summed E-state index contributed by atoms with van der Waals surface area (Å²) in [5.41, 5.74) is 2.92. The first-order chi connectivity index (χ1) is 11.7. The molecule has 2 N–H and O–H groups in total. The molecule has 2 aromatic rings. The molecule has 3 rings (SSSR count). The number of aliphatic hydroxyl groups excluding tert-OH is 1. The minimum atomic E-state index is -0.588. The zero-order valence-electron chi connectivity index (χ0n) is 13.6. The summed E-state index contributed by atoms with van der Waals surface area (Å²) in [5, 5.41) is 13.1. The highest BCUT2D eigenvalue weighted by atomic mass is 16.5. The molecule has 0 aromatic heterocycles. The number of hydrogen-bond acceptors (Lipinski definition) is 3. The van der Waals surface area contributed by atoms with Gasteiger partial charge >= 0.3 is 0 Å². The lowest BCUT2D eigenvalue weighted by Crippen LogP contribution is -2.32. The Balaban J connectivity index is 1.70. The molecule has 1 aliphatic rings. The minimum Gasteiger partial charge on any atom is -0.493 e. The number of carbonyl (C=O) groups excluding carboxylic acids is 1. The van der Waals surface area contributed by atoms with Crippen LogP contribution in [0.5, 0.6) is 5.75 Å². The SMILES string of the molecule is CCOc1ccccc1/C=C/C(=O)NC1c2ccccc2CC1O. The summed E-state index contributed by atoms with van der Waals surface area (Å²) in [5.74, 6) is 0.511. The van der Waals surface area contributed by atoms with Gasteiger partial charge in [-0.2, -0.15) is 0 Å². The fraction of sp³-hybridized carbons (Fsp3) is 0.250. The molecule has 0 spiro atoms. The summed E-state index contributed by atoms with van der Waals surface area (Å²) in [6, 6.07) is 15.0. The topological polar surface area (TPSA) is 58.6 Å². The number of fused-ring (bicyclic) bond motifs is 1. The average Bonchev–Trinajstić information content (AvgIpc) is 2.90. The normalized spacial score (nSPS) is 19.2. The number of hydrogen-bond donors (Lipinski definition) is 2. The maximum Gasteiger partial charge on any atom is 0.244 e. The Morgan fingerprint density at radius 1 is 1.25 bits per heavy atom. The molecule has 0 aliphatic heterocycles. The highest BCUT2D eigenvalue weighted by molar-refractivity contribution is 5.92. The number of para-hydroxylation sites is 1. The first kappa shape index (κ1) is 16.3. The summed E-state index contributed by atoms with van der Waals surface area (Å²) in [6.45, 7) is 2.49. The fourth-order valence-corrected chi connectivity index (χ4v) is 3.02. The van der Waals surface area contributed by atoms with E-state index in [-0.39, 0.29) is 11.9 Å². The minimum absolute atomic E-state index is 0.234. The smallest absolute Gasteiger partial charge is 0.244 e. The predicted octanol–water partition coefficient (Wildman–Crippen LogP) is 2.87. The number of amides is 1. The van der Waals surface area contributed by atoms with Crippen LogP contribution in [0.3, 0.4) is 0 Å². The lowest BCUT2D eigenvalue weighted by molar-refractivity contribution is -0.117. The highest BCUT2D eigenvalue weighted by Crippen LogP contribution is 2.31. The highest BCUT2D eigenvalue weighted by Gasteiger charge is 2.31. The monoisotopic (exact) mass is 323 g/mol. The average molecular weight is 323 g/mol. The standard InChI is InChI=1S/C20H21NO3/c1-2-24-18-10-6-4-7-14(18)11-12-19(23)21-20-16-9-5-3-8-15(16)13-17(20)22/h3-12,17,20,22H,2,13H2,1H3,(H,21,23)/b12-11+. The molecule has 0 saturated carbocycles. The molecule has 0 bridgehead atoms. The lowest BCUT2D eigenvalue weighted by atomic mass is 10.1. The van der Waals surface area contributed by atoms with Crippen molar-refractivity contribution in [3.63, 3.8) is 0 Å². The van der Waals surface area contributed by atoms with Crippen molar-refractivity contribution in [2.24, 2.45) is 0 Å². The summed E-state index contributed by atoms with van der Waals surface area (Å²) in [7, 11) is 0. The van der Waals surface area contributed by atoms with E-state index in [1.807, 2.05) is 55.5 Å². The third-order valence-corrected chi connectivity index (χ3v) is 4.13. The molecule has 2 aromatic carbocycles. The van der Waals surface area contributed by atoms with Crippen LogP contribution in [0.1, 0.15) is 29.7 Å². The van der Waals surface area contributed by atoms with Gasteiger partial charge in [-0.25, -0.2) is 0 Å². The van der Waals surface area contributed by atoms with Crippen LogP contribution in [0, 0.1) is 0 Å². The molecule has 0 heterocycles. The molecule has 2 atom stereocenters. The van der Waals surface area contributed by atoms with E-state index in [0.29, 0.717) is 13.0 Å². The number of aliphatic hydroxyl groups is 1. The molecular weight excluding hydrogens is 302 g/mol. The fourth-order valence-electron chi connectivity index (χ4n) is 3.02. The number of ether oxygens (including phenoxy) is 1. The molecule has 1 aliphatic carbocycles. The Morgan fingerprint density at radius 3 is 2.83 bits per heavy atom. The van der Waals surface area contributed by atoms with Gasteiger partial charge < -0.3 is 15.2 Å². The van der Waals surface area contributed by atoms with E-state index >= 15 is 0 Å². The molecule has 2 unspecified atom stereocenters. The van der Waals surface area contributed by atoms with Gasteiger partial charge in [0.25, 0.3) is 0 Å². The Morgan fingerprint density at radius 2 is 2.00 bits per heavy atom. The van der Waals surface area contributed by atoms with Gasteiger partial charge in [0.15, 0.2) is 0 Å². The van der Waals surface area contributed by atoms with Crippen molar-refractivity contribution in [3.8, 4) is 5.75 Å². The quantitative estimate of drug-likeness (QED) is 0.832. The van der Waals surface area contributed by atoms with Crippen molar-refractivity contribution in [2.45, 2.75) is 25.5 Å². The summed E-state index contributed by atoms with van der Waals surface area (Å²) < 4.78 is 5.54. The van der Waals surface area contributed by atoms with Gasteiger partial charge in [0, 0.05) is 18.1 Å². The summed E-state index contributed by atoms with van der Waals surface area (Å²) >= 11 is 0. The zero-order chi connectivity index (χ0) is 16.9. The molecule has 24 heavy (non-hydrogen) atoms. The van der Waals surface area contributed by atoms with Crippen LogP contribution in [-0.2, 0) is 11.2 Å². The number of rotatable bonds is 5. The Labute approximate surface area is 141 Å². The van der Waals surface area contributed by atoms with Gasteiger partial charge in [0.05, 0.1) is 18.8 Å². The lowest BCUT2D eigenvalue weighted by Gasteiger charge is -2.16. The van der Waals surface area contributed by atoms with Crippen molar-refractivity contribution < 1.29 is 14.6 Å². The molecule has 1 amide bonds. The van der Waals surface area contributed by atoms with Crippen LogP contribution in [0.2, 0.25) is 0 Å². The van der Waals surface area contributed by atoms with Crippen LogP contribution in [0.15, 0.2) is 54.6 Å². The second-order valence-corrected chi connectivity index (χ2v) is 5.76. The molecule has 0 saturated heterocycles. The first-order valence-electron chi connectivity index (χ1n) is 8.15. The van der Waals surface area contributed by atoms with Crippen molar-refractivity contribution in [3.05, 3.63) is 71.3 Å². The Kier molecular flexibility index (Phi) is 4.96. The second kappa shape index (κ2) is 7.32. The molecule has 0 radical (unpaired) electrons. The zero-order valence-corrected chi connectivity index (χ0v) is 13.6. The third-order valence-electron chi connectivity index (χ3n) is 4.13. The molecular formula is C20H21NO3. The Bertz CT molecular complexity index is 754. The molecule has 0 fully saturated rings.